The van der Waals surface area contributed by atoms with E-state index in [1.807, 2.05) is 35.6 Å². The van der Waals surface area contributed by atoms with Crippen LogP contribution in [-0.2, 0) is 4.79 Å². The van der Waals surface area contributed by atoms with Gasteiger partial charge >= 0.3 is 0 Å². The molecule has 0 saturated carbocycles. The molecule has 0 aromatic heterocycles. The molecule has 0 N–H and O–H groups in total. The normalized spacial score (nSPS) is 9.93. The first kappa shape index (κ1) is 11.8. The summed E-state index contributed by atoms with van der Waals surface area (Å²) in [5.74, 6) is 0.799. The monoisotopic (exact) mass is 324 g/mol. The summed E-state index contributed by atoms with van der Waals surface area (Å²) in [6.07, 6.45) is 0. The number of carbonyl (C=O) groups excluding carboxylic acids is 1. The maximum atomic E-state index is 11.0. The molecule has 0 aliphatic rings. The van der Waals surface area contributed by atoms with Crippen molar-refractivity contribution in [3.8, 4) is 5.75 Å². The van der Waals surface area contributed by atoms with E-state index in [1.165, 1.54) is 0 Å². The topological polar surface area (TPSA) is 26.3 Å². The summed E-state index contributed by atoms with van der Waals surface area (Å²) in [5.41, 5.74) is 0.943. The lowest BCUT2D eigenvalue weighted by Crippen LogP contribution is -2.12. The van der Waals surface area contributed by atoms with Gasteiger partial charge in [-0.05, 0) is 30.7 Å². The summed E-state index contributed by atoms with van der Waals surface area (Å²) in [7, 11) is 0. The van der Waals surface area contributed by atoms with Gasteiger partial charge in [-0.3, -0.25) is 4.79 Å². The highest BCUT2D eigenvalue weighted by atomic mass is 127. The molecule has 0 atom stereocenters. The van der Waals surface area contributed by atoms with Crippen molar-refractivity contribution in [1.82, 2.24) is 0 Å². The highest BCUT2D eigenvalue weighted by molar-refractivity contribution is 14.1. The number of alkyl halides is 1. The van der Waals surface area contributed by atoms with E-state index in [9.17, 15) is 4.79 Å². The van der Waals surface area contributed by atoms with E-state index in [-0.39, 0.29) is 12.4 Å². The average molecular weight is 325 g/mol. The maximum absolute atomic E-state index is 11.0. The van der Waals surface area contributed by atoms with Crippen LogP contribution in [0.5, 0.6) is 5.75 Å². The van der Waals surface area contributed by atoms with Crippen LogP contribution in [-0.4, -0.2) is 16.8 Å². The van der Waals surface area contributed by atoms with E-state index in [1.54, 1.807) is 12.1 Å². The number of aryl methyl sites for hydroxylation is 1. The van der Waals surface area contributed by atoms with Gasteiger partial charge in [0.1, 0.15) is 12.4 Å². The van der Waals surface area contributed by atoms with Gasteiger partial charge in [0.15, 0.2) is 5.78 Å². The molecular formula is C10H10ClIO2. The third-order valence-corrected chi connectivity index (χ3v) is 2.76. The van der Waals surface area contributed by atoms with Crippen molar-refractivity contribution in [2.75, 3.05) is 11.0 Å². The molecule has 0 fully saturated rings. The molecule has 1 aromatic carbocycles. The van der Waals surface area contributed by atoms with Crippen molar-refractivity contribution < 1.29 is 9.53 Å². The number of rotatable bonds is 4. The van der Waals surface area contributed by atoms with Crippen LogP contribution >= 0.6 is 34.2 Å². The largest absolute Gasteiger partial charge is 0.486 e. The fourth-order valence-corrected chi connectivity index (χ4v) is 1.42. The second kappa shape index (κ2) is 5.56. The Morgan fingerprint density at radius 1 is 1.57 bits per heavy atom. The molecule has 0 aliphatic heterocycles. The first-order chi connectivity index (χ1) is 6.63. The first-order valence-corrected chi connectivity index (χ1v) is 6.00. The minimum absolute atomic E-state index is 0.0833. The highest BCUT2D eigenvalue weighted by Gasteiger charge is 2.03. The summed E-state index contributed by atoms with van der Waals surface area (Å²) in [6.45, 7) is 2.03. The molecule has 0 saturated heterocycles. The number of hydrogen-bond donors (Lipinski definition) is 0. The van der Waals surface area contributed by atoms with Gasteiger partial charge in [0, 0.05) is 5.02 Å². The van der Waals surface area contributed by atoms with Crippen LogP contribution in [0.15, 0.2) is 18.2 Å². The van der Waals surface area contributed by atoms with Crippen molar-refractivity contribution in [3.05, 3.63) is 28.8 Å². The molecule has 1 rings (SSSR count). The van der Waals surface area contributed by atoms with Gasteiger partial charge in [-0.2, -0.15) is 0 Å². The predicted octanol–water partition coefficient (Wildman–Crippen LogP) is 3.03. The van der Waals surface area contributed by atoms with E-state index >= 15 is 0 Å². The standard InChI is InChI=1S/C10H10ClIO2/c1-7-4-8(11)2-3-10(7)14-6-9(13)5-12/h2-4H,5-6H2,1H3. The van der Waals surface area contributed by atoms with Gasteiger partial charge in [-0.1, -0.05) is 34.2 Å². The summed E-state index contributed by atoms with van der Waals surface area (Å²) in [4.78, 5) is 11.0. The van der Waals surface area contributed by atoms with Gasteiger partial charge < -0.3 is 4.74 Å². The van der Waals surface area contributed by atoms with E-state index < -0.39 is 0 Å². The Hall–Kier alpha value is -0.290. The highest BCUT2D eigenvalue weighted by Crippen LogP contribution is 2.21. The lowest BCUT2D eigenvalue weighted by Gasteiger charge is -2.07. The fourth-order valence-electron chi connectivity index (χ4n) is 0.972. The second-order valence-electron chi connectivity index (χ2n) is 2.87. The summed E-state index contributed by atoms with van der Waals surface area (Å²) in [6, 6.07) is 5.34. The summed E-state index contributed by atoms with van der Waals surface area (Å²) in [5, 5.41) is 0.676. The Balaban J connectivity index is 2.63. The van der Waals surface area contributed by atoms with Gasteiger partial charge in [0.25, 0.3) is 0 Å². The Bertz CT molecular complexity index is 339. The molecule has 0 unspecified atom stereocenters. The minimum Gasteiger partial charge on any atom is -0.486 e. The molecule has 14 heavy (non-hydrogen) atoms. The SMILES string of the molecule is Cc1cc(Cl)ccc1OCC(=O)CI. The molecule has 0 spiro atoms. The molecular weight excluding hydrogens is 314 g/mol. The number of ketones is 1. The Morgan fingerprint density at radius 3 is 2.86 bits per heavy atom. The van der Waals surface area contributed by atoms with Crippen LogP contribution in [0.3, 0.4) is 0 Å². The van der Waals surface area contributed by atoms with Gasteiger partial charge in [-0.25, -0.2) is 0 Å². The number of hydrogen-bond acceptors (Lipinski definition) is 2. The van der Waals surface area contributed by atoms with Crippen LogP contribution in [0.4, 0.5) is 0 Å². The average Bonchev–Trinajstić information content (AvgIpc) is 2.16. The minimum atomic E-state index is 0.0833. The van der Waals surface area contributed by atoms with Crippen LogP contribution < -0.4 is 4.74 Å². The van der Waals surface area contributed by atoms with Crippen molar-refractivity contribution in [2.45, 2.75) is 6.92 Å². The smallest absolute Gasteiger partial charge is 0.179 e. The number of halogens is 2. The van der Waals surface area contributed by atoms with E-state index in [0.717, 1.165) is 5.56 Å². The van der Waals surface area contributed by atoms with Crippen molar-refractivity contribution in [3.63, 3.8) is 0 Å². The Kier molecular flexibility index (Phi) is 4.68. The molecule has 0 bridgehead atoms. The number of carbonyl (C=O) groups is 1. The lowest BCUT2D eigenvalue weighted by molar-refractivity contribution is -0.118. The molecule has 0 heterocycles. The lowest BCUT2D eigenvalue weighted by atomic mass is 10.2. The first-order valence-electron chi connectivity index (χ1n) is 4.10. The van der Waals surface area contributed by atoms with E-state index in [4.69, 9.17) is 16.3 Å². The molecule has 76 valence electrons. The molecule has 1 aromatic rings. The zero-order valence-electron chi connectivity index (χ0n) is 7.72. The van der Waals surface area contributed by atoms with Crippen LogP contribution in [0.25, 0.3) is 0 Å². The molecule has 0 radical (unpaired) electrons. The Morgan fingerprint density at radius 2 is 2.29 bits per heavy atom. The van der Waals surface area contributed by atoms with Crippen molar-refractivity contribution in [2.24, 2.45) is 0 Å². The van der Waals surface area contributed by atoms with Crippen LogP contribution in [0.1, 0.15) is 5.56 Å². The van der Waals surface area contributed by atoms with Crippen molar-refractivity contribution in [1.29, 1.82) is 0 Å². The number of Topliss-reactive ketones (excluding diaryl/α,β-unsaturated/α-hetero) is 1. The van der Waals surface area contributed by atoms with Crippen LogP contribution in [0.2, 0.25) is 5.02 Å². The molecule has 2 nitrogen and oxygen atoms in total. The van der Waals surface area contributed by atoms with Crippen LogP contribution in [0, 0.1) is 6.92 Å². The molecule has 0 amide bonds. The van der Waals surface area contributed by atoms with Gasteiger partial charge in [0.2, 0.25) is 0 Å². The number of ether oxygens (including phenoxy) is 1. The molecule has 4 heteroatoms. The van der Waals surface area contributed by atoms with Gasteiger partial charge in [-0.15, -0.1) is 0 Å². The third-order valence-electron chi connectivity index (χ3n) is 1.67. The second-order valence-corrected chi connectivity index (χ2v) is 4.07. The summed E-state index contributed by atoms with van der Waals surface area (Å²) < 4.78 is 5.81. The maximum Gasteiger partial charge on any atom is 0.179 e. The zero-order chi connectivity index (χ0) is 10.6. The van der Waals surface area contributed by atoms with E-state index in [0.29, 0.717) is 15.2 Å². The fraction of sp³-hybridized carbons (Fsp3) is 0.300. The molecule has 0 aliphatic carbocycles. The third kappa shape index (κ3) is 3.46. The zero-order valence-corrected chi connectivity index (χ0v) is 10.6. The summed E-state index contributed by atoms with van der Waals surface area (Å²) >= 11 is 7.80. The van der Waals surface area contributed by atoms with Gasteiger partial charge in [0.05, 0.1) is 4.43 Å². The van der Waals surface area contributed by atoms with Crippen molar-refractivity contribution >= 4 is 40.0 Å². The number of benzene rings is 1. The quantitative estimate of drug-likeness (QED) is 0.628. The Labute approximate surface area is 102 Å². The predicted molar refractivity (Wildman–Crippen MR) is 65.6 cm³/mol. The van der Waals surface area contributed by atoms with E-state index in [2.05, 4.69) is 0 Å².